The zero-order valence-corrected chi connectivity index (χ0v) is 12.0. The third kappa shape index (κ3) is 2.99. The van der Waals surface area contributed by atoms with Gasteiger partial charge in [0, 0.05) is 17.3 Å². The number of aromatic nitrogens is 1. The van der Waals surface area contributed by atoms with E-state index < -0.39 is 11.7 Å². The molecular weight excluding hydrogens is 307 g/mol. The molecule has 0 saturated heterocycles. The quantitative estimate of drug-likeness (QED) is 0.779. The Hall–Kier alpha value is -2.66. The first-order chi connectivity index (χ1) is 10.6. The summed E-state index contributed by atoms with van der Waals surface area (Å²) in [6.45, 7) is 0. The van der Waals surface area contributed by atoms with Crippen molar-refractivity contribution in [2.45, 2.75) is 0 Å². The molecule has 0 atom stereocenters. The number of halogens is 2. The van der Waals surface area contributed by atoms with Gasteiger partial charge in [-0.05, 0) is 18.2 Å². The van der Waals surface area contributed by atoms with Crippen molar-refractivity contribution in [1.29, 1.82) is 0 Å². The van der Waals surface area contributed by atoms with E-state index in [1.54, 1.807) is 0 Å². The highest BCUT2D eigenvalue weighted by molar-refractivity contribution is 6.31. The number of anilines is 1. The second-order valence-electron chi connectivity index (χ2n) is 4.53. The summed E-state index contributed by atoms with van der Waals surface area (Å²) in [5.74, 6) is -0.984. The van der Waals surface area contributed by atoms with Crippen molar-refractivity contribution >= 4 is 23.2 Å². The van der Waals surface area contributed by atoms with Gasteiger partial charge in [0.2, 0.25) is 5.76 Å². The Morgan fingerprint density at radius 3 is 2.64 bits per heavy atom. The molecule has 0 unspecified atom stereocenters. The summed E-state index contributed by atoms with van der Waals surface area (Å²) >= 11 is 5.67. The molecule has 4 nitrogen and oxygen atoms in total. The Kier molecular flexibility index (Phi) is 3.89. The number of carbonyl (C=O) groups excluding carboxylic acids is 1. The lowest BCUT2D eigenvalue weighted by atomic mass is 10.1. The summed E-state index contributed by atoms with van der Waals surface area (Å²) < 4.78 is 18.1. The van der Waals surface area contributed by atoms with Crippen molar-refractivity contribution in [3.63, 3.8) is 0 Å². The fourth-order valence-electron chi connectivity index (χ4n) is 1.89. The molecule has 1 heterocycles. The van der Waals surface area contributed by atoms with Gasteiger partial charge in [-0.2, -0.15) is 0 Å². The predicted molar refractivity (Wildman–Crippen MR) is 81.3 cm³/mol. The summed E-state index contributed by atoms with van der Waals surface area (Å²) in [6.07, 6.45) is 0. The monoisotopic (exact) mass is 316 g/mol. The van der Waals surface area contributed by atoms with E-state index in [0.29, 0.717) is 11.4 Å². The number of carbonyl (C=O) groups is 1. The number of nitrogens with zero attached hydrogens (tertiary/aromatic N) is 1. The average molecular weight is 317 g/mol. The van der Waals surface area contributed by atoms with Crippen LogP contribution in [0.25, 0.3) is 11.3 Å². The molecule has 3 rings (SSSR count). The first-order valence-electron chi connectivity index (χ1n) is 6.42. The number of amides is 1. The predicted octanol–water partition coefficient (Wildman–Crippen LogP) is 4.39. The minimum atomic E-state index is -0.550. The van der Waals surface area contributed by atoms with Crippen LogP contribution in [0.1, 0.15) is 10.6 Å². The average Bonchev–Trinajstić information content (AvgIpc) is 3.02. The van der Waals surface area contributed by atoms with E-state index in [1.807, 2.05) is 30.3 Å². The summed E-state index contributed by atoms with van der Waals surface area (Å²) in [7, 11) is 0. The smallest absolute Gasteiger partial charge is 0.294 e. The normalized spacial score (nSPS) is 10.5. The molecular formula is C16H10ClFN2O2. The van der Waals surface area contributed by atoms with Gasteiger partial charge in [0.05, 0.1) is 5.02 Å². The summed E-state index contributed by atoms with van der Waals surface area (Å²) in [6, 6.07) is 14.8. The minimum absolute atomic E-state index is 0.0549. The molecule has 0 aliphatic carbocycles. The summed E-state index contributed by atoms with van der Waals surface area (Å²) in [5.41, 5.74) is 1.77. The number of benzene rings is 2. The zero-order chi connectivity index (χ0) is 15.5. The van der Waals surface area contributed by atoms with Crippen molar-refractivity contribution in [3.8, 4) is 11.3 Å². The van der Waals surface area contributed by atoms with Crippen LogP contribution in [0.2, 0.25) is 5.02 Å². The van der Waals surface area contributed by atoms with Crippen LogP contribution < -0.4 is 5.32 Å². The van der Waals surface area contributed by atoms with E-state index in [2.05, 4.69) is 10.5 Å². The fourth-order valence-corrected chi connectivity index (χ4v) is 2.07. The topological polar surface area (TPSA) is 55.1 Å². The largest absolute Gasteiger partial charge is 0.350 e. The van der Waals surface area contributed by atoms with Gasteiger partial charge in [-0.15, -0.1) is 0 Å². The molecule has 0 aliphatic rings. The van der Waals surface area contributed by atoms with Crippen LogP contribution in [-0.2, 0) is 0 Å². The molecule has 0 fully saturated rings. The molecule has 110 valence electrons. The Morgan fingerprint density at radius 1 is 1.14 bits per heavy atom. The second kappa shape index (κ2) is 5.99. The fraction of sp³-hybridized carbons (Fsp3) is 0. The van der Waals surface area contributed by atoms with Crippen LogP contribution in [0.15, 0.2) is 59.1 Å². The number of hydrogen-bond acceptors (Lipinski definition) is 3. The Labute approximate surface area is 130 Å². The highest BCUT2D eigenvalue weighted by Crippen LogP contribution is 2.22. The molecule has 0 saturated carbocycles. The maximum absolute atomic E-state index is 13.1. The van der Waals surface area contributed by atoms with Crippen molar-refractivity contribution in [2.24, 2.45) is 0 Å². The Morgan fingerprint density at radius 2 is 1.91 bits per heavy atom. The maximum atomic E-state index is 13.1. The van der Waals surface area contributed by atoms with Crippen LogP contribution >= 0.6 is 11.6 Å². The van der Waals surface area contributed by atoms with Gasteiger partial charge in [-0.3, -0.25) is 4.79 Å². The van der Waals surface area contributed by atoms with E-state index in [9.17, 15) is 9.18 Å². The molecule has 0 bridgehead atoms. The SMILES string of the molecule is O=C(Nc1ccc(F)c(Cl)c1)c1cc(-c2ccccc2)no1. The van der Waals surface area contributed by atoms with Gasteiger partial charge < -0.3 is 9.84 Å². The molecule has 22 heavy (non-hydrogen) atoms. The van der Waals surface area contributed by atoms with E-state index in [4.69, 9.17) is 16.1 Å². The molecule has 1 N–H and O–H groups in total. The molecule has 0 spiro atoms. The van der Waals surface area contributed by atoms with Gasteiger partial charge in [0.1, 0.15) is 11.5 Å². The summed E-state index contributed by atoms with van der Waals surface area (Å²) in [5, 5.41) is 6.36. The lowest BCUT2D eigenvalue weighted by Gasteiger charge is -2.03. The lowest BCUT2D eigenvalue weighted by Crippen LogP contribution is -2.10. The standard InChI is InChI=1S/C16H10ClFN2O2/c17-12-8-11(6-7-13(12)18)19-16(21)15-9-14(20-22-15)10-4-2-1-3-5-10/h1-9H,(H,19,21). The first-order valence-corrected chi connectivity index (χ1v) is 6.80. The van der Waals surface area contributed by atoms with E-state index >= 15 is 0 Å². The maximum Gasteiger partial charge on any atom is 0.294 e. The van der Waals surface area contributed by atoms with Crippen LogP contribution in [0.5, 0.6) is 0 Å². The molecule has 0 radical (unpaired) electrons. The third-order valence-electron chi connectivity index (χ3n) is 2.98. The van der Waals surface area contributed by atoms with Crippen molar-refractivity contribution in [3.05, 3.63) is 71.2 Å². The highest BCUT2D eigenvalue weighted by atomic mass is 35.5. The lowest BCUT2D eigenvalue weighted by molar-refractivity contribution is 0.0988. The van der Waals surface area contributed by atoms with Crippen molar-refractivity contribution in [2.75, 3.05) is 5.32 Å². The van der Waals surface area contributed by atoms with Crippen molar-refractivity contribution < 1.29 is 13.7 Å². The zero-order valence-electron chi connectivity index (χ0n) is 11.2. The van der Waals surface area contributed by atoms with E-state index in [0.717, 1.165) is 5.56 Å². The molecule has 1 amide bonds. The molecule has 0 aliphatic heterocycles. The van der Waals surface area contributed by atoms with Gasteiger partial charge in [-0.1, -0.05) is 47.1 Å². The molecule has 2 aromatic carbocycles. The van der Waals surface area contributed by atoms with Gasteiger partial charge in [-0.25, -0.2) is 4.39 Å². The van der Waals surface area contributed by atoms with Crippen LogP contribution in [0.3, 0.4) is 0 Å². The van der Waals surface area contributed by atoms with Gasteiger partial charge in [0.25, 0.3) is 5.91 Å². The Bertz CT molecular complexity index is 818. The van der Waals surface area contributed by atoms with Crippen LogP contribution in [-0.4, -0.2) is 11.1 Å². The molecule has 3 aromatic rings. The summed E-state index contributed by atoms with van der Waals surface area (Å²) in [4.78, 5) is 12.1. The molecule has 6 heteroatoms. The second-order valence-corrected chi connectivity index (χ2v) is 4.93. The highest BCUT2D eigenvalue weighted by Gasteiger charge is 2.14. The minimum Gasteiger partial charge on any atom is -0.350 e. The van der Waals surface area contributed by atoms with E-state index in [1.165, 1.54) is 24.3 Å². The van der Waals surface area contributed by atoms with Gasteiger partial charge >= 0.3 is 0 Å². The van der Waals surface area contributed by atoms with Crippen LogP contribution in [0, 0.1) is 5.82 Å². The Balaban J connectivity index is 1.78. The number of rotatable bonds is 3. The van der Waals surface area contributed by atoms with Crippen LogP contribution in [0.4, 0.5) is 10.1 Å². The van der Waals surface area contributed by atoms with E-state index in [-0.39, 0.29) is 10.8 Å². The molecule has 1 aromatic heterocycles. The number of hydrogen-bond donors (Lipinski definition) is 1. The third-order valence-corrected chi connectivity index (χ3v) is 3.27. The number of nitrogens with one attached hydrogen (secondary N) is 1. The van der Waals surface area contributed by atoms with Gasteiger partial charge in [0.15, 0.2) is 0 Å². The van der Waals surface area contributed by atoms with Crippen molar-refractivity contribution in [1.82, 2.24) is 5.16 Å². The first kappa shape index (κ1) is 14.3.